The van der Waals surface area contributed by atoms with Gasteiger partial charge in [0.25, 0.3) is 5.91 Å². The quantitative estimate of drug-likeness (QED) is 0.334. The van der Waals surface area contributed by atoms with Crippen LogP contribution in [0.5, 0.6) is 11.5 Å². The standard InChI is InChI=1S/C14H17BrN4O5/c1-3-23-10-5-8(6-18-19-14(22)13(21)17-2)4-9(15)12(10)24-7-11(16)20/h4-6H,3,7H2,1-2H3,(H2,16,20)(H,17,21)(H,19,22)/b18-6-. The van der Waals surface area contributed by atoms with E-state index in [1.165, 1.54) is 13.3 Å². The Bertz CT molecular complexity index is 663. The summed E-state index contributed by atoms with van der Waals surface area (Å²) >= 11 is 3.30. The van der Waals surface area contributed by atoms with Crippen LogP contribution in [0.3, 0.4) is 0 Å². The SMILES string of the molecule is CCOc1cc(/C=N\NC(=O)C(=O)NC)cc(Br)c1OCC(N)=O. The van der Waals surface area contributed by atoms with E-state index in [1.54, 1.807) is 19.1 Å². The molecule has 0 aliphatic rings. The van der Waals surface area contributed by atoms with Crippen molar-refractivity contribution in [1.82, 2.24) is 10.7 Å². The molecular formula is C14H17BrN4O5. The zero-order chi connectivity index (χ0) is 18.1. The Hall–Kier alpha value is -2.62. The van der Waals surface area contributed by atoms with E-state index in [0.29, 0.717) is 28.1 Å². The number of carbonyl (C=O) groups excluding carboxylic acids is 3. The molecular weight excluding hydrogens is 384 g/mol. The van der Waals surface area contributed by atoms with Gasteiger partial charge in [0, 0.05) is 7.05 Å². The lowest BCUT2D eigenvalue weighted by atomic mass is 10.2. The molecule has 9 nitrogen and oxygen atoms in total. The van der Waals surface area contributed by atoms with Crippen molar-refractivity contribution >= 4 is 39.9 Å². The maximum atomic E-state index is 11.3. The highest BCUT2D eigenvalue weighted by Gasteiger charge is 2.13. The molecule has 0 radical (unpaired) electrons. The summed E-state index contributed by atoms with van der Waals surface area (Å²) in [6, 6.07) is 3.23. The van der Waals surface area contributed by atoms with Crippen LogP contribution in [0.25, 0.3) is 0 Å². The number of hydrogen-bond donors (Lipinski definition) is 3. The summed E-state index contributed by atoms with van der Waals surface area (Å²) in [5.41, 5.74) is 7.70. The number of hydrazone groups is 1. The van der Waals surface area contributed by atoms with Crippen LogP contribution in [0.1, 0.15) is 12.5 Å². The molecule has 0 aliphatic heterocycles. The number of primary amides is 1. The lowest BCUT2D eigenvalue weighted by Gasteiger charge is -2.13. The van der Waals surface area contributed by atoms with Gasteiger partial charge in [0.1, 0.15) is 0 Å². The summed E-state index contributed by atoms with van der Waals surface area (Å²) in [4.78, 5) is 33.2. The van der Waals surface area contributed by atoms with Gasteiger partial charge < -0.3 is 20.5 Å². The Kier molecular flexibility index (Phi) is 7.69. The molecule has 1 aromatic carbocycles. The van der Waals surface area contributed by atoms with E-state index >= 15 is 0 Å². The van der Waals surface area contributed by atoms with Crippen LogP contribution in [0.4, 0.5) is 0 Å². The van der Waals surface area contributed by atoms with Crippen LogP contribution >= 0.6 is 15.9 Å². The third-order valence-electron chi connectivity index (χ3n) is 2.50. The number of nitrogens with two attached hydrogens (primary N) is 1. The number of amides is 3. The first kappa shape index (κ1) is 19.4. The second-order valence-corrected chi connectivity index (χ2v) is 5.15. The highest BCUT2D eigenvalue weighted by molar-refractivity contribution is 9.10. The number of halogens is 1. The van der Waals surface area contributed by atoms with E-state index in [2.05, 4.69) is 31.8 Å². The zero-order valence-electron chi connectivity index (χ0n) is 13.1. The average molecular weight is 401 g/mol. The monoisotopic (exact) mass is 400 g/mol. The van der Waals surface area contributed by atoms with Crippen molar-refractivity contribution in [3.63, 3.8) is 0 Å². The first-order valence-corrected chi connectivity index (χ1v) is 7.60. The molecule has 0 spiro atoms. The molecule has 0 aromatic heterocycles. The molecule has 4 N–H and O–H groups in total. The minimum Gasteiger partial charge on any atom is -0.490 e. The van der Waals surface area contributed by atoms with E-state index in [4.69, 9.17) is 15.2 Å². The number of ether oxygens (including phenoxy) is 2. The summed E-state index contributed by atoms with van der Waals surface area (Å²) < 4.78 is 11.3. The maximum Gasteiger partial charge on any atom is 0.329 e. The Morgan fingerprint density at radius 1 is 1.29 bits per heavy atom. The second kappa shape index (κ2) is 9.50. The predicted octanol–water partition coefficient (Wildman–Crippen LogP) is -0.0920. The van der Waals surface area contributed by atoms with E-state index in [1.807, 2.05) is 0 Å². The van der Waals surface area contributed by atoms with Crippen LogP contribution in [-0.4, -0.2) is 44.2 Å². The summed E-state index contributed by atoms with van der Waals surface area (Å²) in [5.74, 6) is -1.63. The molecule has 1 rings (SSSR count). The molecule has 24 heavy (non-hydrogen) atoms. The van der Waals surface area contributed by atoms with Gasteiger partial charge >= 0.3 is 11.8 Å². The van der Waals surface area contributed by atoms with Crippen LogP contribution in [0, 0.1) is 0 Å². The summed E-state index contributed by atoms with van der Waals surface area (Å²) in [7, 11) is 1.34. The fourth-order valence-electron chi connectivity index (χ4n) is 1.54. The summed E-state index contributed by atoms with van der Waals surface area (Å²) in [6.45, 7) is 1.86. The van der Waals surface area contributed by atoms with Gasteiger partial charge in [0.15, 0.2) is 18.1 Å². The van der Waals surface area contributed by atoms with Crippen LogP contribution < -0.4 is 25.9 Å². The van der Waals surface area contributed by atoms with Crippen molar-refractivity contribution in [1.29, 1.82) is 0 Å². The molecule has 0 atom stereocenters. The zero-order valence-corrected chi connectivity index (χ0v) is 14.7. The minimum absolute atomic E-state index is 0.297. The number of likely N-dealkylation sites (N-methyl/N-ethyl adjacent to an activating group) is 1. The Balaban J connectivity index is 2.95. The van der Waals surface area contributed by atoms with E-state index in [9.17, 15) is 14.4 Å². The number of nitrogens with one attached hydrogen (secondary N) is 2. The fourth-order valence-corrected chi connectivity index (χ4v) is 2.11. The predicted molar refractivity (Wildman–Crippen MR) is 89.8 cm³/mol. The summed E-state index contributed by atoms with van der Waals surface area (Å²) in [5, 5.41) is 5.85. The Morgan fingerprint density at radius 3 is 2.58 bits per heavy atom. The van der Waals surface area contributed by atoms with Gasteiger partial charge in [-0.25, -0.2) is 5.43 Å². The Morgan fingerprint density at radius 2 is 2.00 bits per heavy atom. The van der Waals surface area contributed by atoms with Gasteiger partial charge in [0.2, 0.25) is 0 Å². The number of nitrogens with zero attached hydrogens (tertiary/aromatic N) is 1. The fraction of sp³-hybridized carbons (Fsp3) is 0.286. The number of rotatable bonds is 7. The van der Waals surface area contributed by atoms with Crippen LogP contribution in [0.15, 0.2) is 21.7 Å². The van der Waals surface area contributed by atoms with Gasteiger partial charge in [-0.2, -0.15) is 5.10 Å². The number of carbonyl (C=O) groups is 3. The highest BCUT2D eigenvalue weighted by atomic mass is 79.9. The van der Waals surface area contributed by atoms with Crippen molar-refractivity contribution in [2.24, 2.45) is 10.8 Å². The van der Waals surface area contributed by atoms with Crippen molar-refractivity contribution in [2.75, 3.05) is 20.3 Å². The van der Waals surface area contributed by atoms with E-state index < -0.39 is 17.7 Å². The number of benzene rings is 1. The van der Waals surface area contributed by atoms with Crippen molar-refractivity contribution in [2.45, 2.75) is 6.92 Å². The molecule has 0 heterocycles. The molecule has 10 heteroatoms. The molecule has 0 saturated carbocycles. The molecule has 0 bridgehead atoms. The molecule has 3 amide bonds. The maximum absolute atomic E-state index is 11.3. The summed E-state index contributed by atoms with van der Waals surface area (Å²) in [6.07, 6.45) is 1.33. The first-order valence-electron chi connectivity index (χ1n) is 6.81. The Labute approximate surface area is 146 Å². The third-order valence-corrected chi connectivity index (χ3v) is 3.09. The van der Waals surface area contributed by atoms with Gasteiger partial charge in [-0.1, -0.05) is 0 Å². The van der Waals surface area contributed by atoms with Crippen molar-refractivity contribution in [3.05, 3.63) is 22.2 Å². The van der Waals surface area contributed by atoms with Gasteiger partial charge in [-0.3, -0.25) is 14.4 Å². The van der Waals surface area contributed by atoms with Crippen molar-refractivity contribution in [3.8, 4) is 11.5 Å². The van der Waals surface area contributed by atoms with E-state index in [0.717, 1.165) is 0 Å². The molecule has 0 saturated heterocycles. The molecule has 130 valence electrons. The molecule has 0 aliphatic carbocycles. The van der Waals surface area contributed by atoms with E-state index in [-0.39, 0.29) is 6.61 Å². The topological polar surface area (TPSA) is 132 Å². The van der Waals surface area contributed by atoms with Gasteiger partial charge in [-0.05, 0) is 40.5 Å². The second-order valence-electron chi connectivity index (χ2n) is 4.30. The molecule has 1 aromatic rings. The van der Waals surface area contributed by atoms with Crippen LogP contribution in [-0.2, 0) is 14.4 Å². The van der Waals surface area contributed by atoms with Crippen LogP contribution in [0.2, 0.25) is 0 Å². The third kappa shape index (κ3) is 5.88. The normalized spacial score (nSPS) is 10.3. The van der Waals surface area contributed by atoms with Gasteiger partial charge in [-0.15, -0.1) is 0 Å². The largest absolute Gasteiger partial charge is 0.490 e. The highest BCUT2D eigenvalue weighted by Crippen LogP contribution is 2.36. The first-order chi connectivity index (χ1) is 11.4. The lowest BCUT2D eigenvalue weighted by Crippen LogP contribution is -2.35. The molecule has 0 unspecified atom stereocenters. The lowest BCUT2D eigenvalue weighted by molar-refractivity contribution is -0.138. The van der Waals surface area contributed by atoms with Gasteiger partial charge in [0.05, 0.1) is 17.3 Å². The number of hydrogen-bond acceptors (Lipinski definition) is 6. The average Bonchev–Trinajstić information content (AvgIpc) is 2.53. The smallest absolute Gasteiger partial charge is 0.329 e. The molecule has 0 fully saturated rings. The van der Waals surface area contributed by atoms with Crippen molar-refractivity contribution < 1.29 is 23.9 Å². The minimum atomic E-state index is -0.890.